The van der Waals surface area contributed by atoms with Crippen LogP contribution in [0, 0.1) is 0 Å². The molecule has 0 aromatic rings. The summed E-state index contributed by atoms with van der Waals surface area (Å²) in [5, 5.41) is 9.96. The van der Waals surface area contributed by atoms with Crippen LogP contribution in [0.5, 0.6) is 0 Å². The fourth-order valence-corrected chi connectivity index (χ4v) is 1.66. The first kappa shape index (κ1) is 10.3. The van der Waals surface area contributed by atoms with E-state index in [1.807, 2.05) is 0 Å². The zero-order chi connectivity index (χ0) is 8.97. The number of halogens is 2. The second kappa shape index (κ2) is 5.07. The fourth-order valence-electron chi connectivity index (χ4n) is 1.42. The van der Waals surface area contributed by atoms with E-state index in [0.717, 1.165) is 19.4 Å². The first-order valence-electron chi connectivity index (χ1n) is 4.07. The van der Waals surface area contributed by atoms with Crippen molar-refractivity contribution < 1.29 is 5.11 Å². The molecule has 1 N–H and O–H groups in total. The predicted octanol–water partition coefficient (Wildman–Crippen LogP) is 1.76. The van der Waals surface area contributed by atoms with Crippen LogP contribution in [0.1, 0.15) is 12.8 Å². The highest BCUT2D eigenvalue weighted by Crippen LogP contribution is 2.13. The Kier molecular flexibility index (Phi) is 4.36. The summed E-state index contributed by atoms with van der Waals surface area (Å²) in [4.78, 5) is 2.11. The number of aliphatic hydroxyl groups is 1. The summed E-state index contributed by atoms with van der Waals surface area (Å²) in [6.45, 7) is 2.36. The van der Waals surface area contributed by atoms with Crippen molar-refractivity contribution in [2.75, 3.05) is 19.6 Å². The van der Waals surface area contributed by atoms with Crippen LogP contribution in [0.25, 0.3) is 0 Å². The van der Waals surface area contributed by atoms with Crippen LogP contribution >= 0.6 is 23.2 Å². The van der Waals surface area contributed by atoms with Crippen molar-refractivity contribution in [1.29, 1.82) is 0 Å². The summed E-state index contributed by atoms with van der Waals surface area (Å²) in [5.41, 5.74) is 1.38. The number of piperidine rings is 1. The Hall–Kier alpha value is 0.240. The zero-order valence-corrected chi connectivity index (χ0v) is 8.35. The van der Waals surface area contributed by atoms with E-state index in [1.165, 1.54) is 5.54 Å². The molecule has 0 aromatic carbocycles. The summed E-state index contributed by atoms with van der Waals surface area (Å²) in [6.07, 6.45) is 1.74. The third-order valence-electron chi connectivity index (χ3n) is 1.97. The van der Waals surface area contributed by atoms with E-state index in [1.54, 1.807) is 0 Å². The van der Waals surface area contributed by atoms with Gasteiger partial charge in [-0.3, -0.25) is 4.90 Å². The average Bonchev–Trinajstić information content (AvgIpc) is 2.04. The van der Waals surface area contributed by atoms with Crippen LogP contribution in [0.3, 0.4) is 0 Å². The van der Waals surface area contributed by atoms with Gasteiger partial charge in [0.05, 0.1) is 6.10 Å². The van der Waals surface area contributed by atoms with E-state index < -0.39 is 0 Å². The van der Waals surface area contributed by atoms with E-state index in [0.29, 0.717) is 18.1 Å². The predicted molar refractivity (Wildman–Crippen MR) is 51.5 cm³/mol. The molecule has 1 heterocycles. The Morgan fingerprint density at radius 2 is 2.42 bits per heavy atom. The first-order valence-corrected chi connectivity index (χ1v) is 4.89. The molecule has 0 bridgehead atoms. The molecule has 0 spiro atoms. The zero-order valence-electron chi connectivity index (χ0n) is 6.84. The third-order valence-corrected chi connectivity index (χ3v) is 2.58. The van der Waals surface area contributed by atoms with E-state index in [-0.39, 0.29) is 6.10 Å². The van der Waals surface area contributed by atoms with Gasteiger partial charge in [0.15, 0.2) is 0 Å². The van der Waals surface area contributed by atoms with Crippen molar-refractivity contribution in [1.82, 2.24) is 4.90 Å². The van der Waals surface area contributed by atoms with Crippen LogP contribution in [-0.4, -0.2) is 35.7 Å². The normalized spacial score (nSPS) is 27.6. The summed E-state index contributed by atoms with van der Waals surface area (Å²) < 4.78 is 0. The number of β-amino-alcohol motifs (C(OH)–C–C–N with tert-alkyl or cyclic N) is 1. The molecule has 1 saturated heterocycles. The molecule has 2 nitrogen and oxygen atoms in total. The van der Waals surface area contributed by atoms with Gasteiger partial charge in [0.1, 0.15) is 0 Å². The highest BCUT2D eigenvalue weighted by Gasteiger charge is 2.17. The maximum atomic E-state index is 9.33. The number of rotatable bonds is 2. The fraction of sp³-hybridized carbons (Fsp3) is 0.750. The van der Waals surface area contributed by atoms with E-state index in [9.17, 15) is 5.11 Å². The molecule has 12 heavy (non-hydrogen) atoms. The molecule has 1 unspecified atom stereocenters. The minimum absolute atomic E-state index is 0.196. The highest BCUT2D eigenvalue weighted by molar-refractivity contribution is 6.36. The van der Waals surface area contributed by atoms with Gasteiger partial charge in [-0.25, -0.2) is 0 Å². The van der Waals surface area contributed by atoms with E-state index in [2.05, 4.69) is 4.90 Å². The molecule has 1 fully saturated rings. The number of hydrogen-bond acceptors (Lipinski definition) is 2. The van der Waals surface area contributed by atoms with Gasteiger partial charge in [0, 0.05) is 23.7 Å². The molecule has 0 amide bonds. The summed E-state index contributed by atoms with van der Waals surface area (Å²) in [7, 11) is 0. The van der Waals surface area contributed by atoms with Gasteiger partial charge in [-0.15, -0.1) is 0 Å². The van der Waals surface area contributed by atoms with Crippen molar-refractivity contribution in [3.63, 3.8) is 0 Å². The monoisotopic (exact) mass is 209 g/mol. The van der Waals surface area contributed by atoms with Crippen LogP contribution in [0.4, 0.5) is 0 Å². The Balaban J connectivity index is 2.32. The van der Waals surface area contributed by atoms with E-state index in [4.69, 9.17) is 23.2 Å². The lowest BCUT2D eigenvalue weighted by atomic mass is 10.1. The van der Waals surface area contributed by atoms with Gasteiger partial charge < -0.3 is 5.11 Å². The molecule has 1 rings (SSSR count). The second-order valence-electron chi connectivity index (χ2n) is 3.09. The molecule has 0 saturated carbocycles. The van der Waals surface area contributed by atoms with Gasteiger partial charge >= 0.3 is 0 Å². The molecule has 4 heteroatoms. The Morgan fingerprint density at radius 3 is 3.00 bits per heavy atom. The maximum absolute atomic E-state index is 9.33. The molecular weight excluding hydrogens is 197 g/mol. The highest BCUT2D eigenvalue weighted by atomic mass is 35.5. The van der Waals surface area contributed by atoms with Gasteiger partial charge in [0.2, 0.25) is 0 Å². The second-order valence-corrected chi connectivity index (χ2v) is 3.79. The first-order chi connectivity index (χ1) is 5.72. The van der Waals surface area contributed by atoms with Crippen LogP contribution in [-0.2, 0) is 0 Å². The van der Waals surface area contributed by atoms with E-state index >= 15 is 0 Å². The minimum atomic E-state index is -0.196. The van der Waals surface area contributed by atoms with Crippen molar-refractivity contribution in [2.24, 2.45) is 0 Å². The van der Waals surface area contributed by atoms with Crippen molar-refractivity contribution in [3.05, 3.63) is 10.6 Å². The Bertz CT molecular complexity index is 172. The third kappa shape index (κ3) is 3.31. The van der Waals surface area contributed by atoms with Crippen molar-refractivity contribution in [2.45, 2.75) is 18.9 Å². The summed E-state index contributed by atoms with van der Waals surface area (Å²) in [5.74, 6) is 0. The van der Waals surface area contributed by atoms with Gasteiger partial charge in [0.25, 0.3) is 0 Å². The van der Waals surface area contributed by atoms with Crippen LogP contribution in [0.15, 0.2) is 10.6 Å². The van der Waals surface area contributed by atoms with Crippen molar-refractivity contribution in [3.8, 4) is 0 Å². The molecule has 0 aliphatic carbocycles. The summed E-state index contributed by atoms with van der Waals surface area (Å²) in [6, 6.07) is 0. The molecular formula is C8H13Cl2NO. The van der Waals surface area contributed by atoms with Crippen LogP contribution in [0.2, 0.25) is 0 Å². The largest absolute Gasteiger partial charge is 0.392 e. The molecule has 70 valence electrons. The Labute approximate surface area is 82.8 Å². The number of likely N-dealkylation sites (tertiary alicyclic amines) is 1. The minimum Gasteiger partial charge on any atom is -0.392 e. The average molecular weight is 210 g/mol. The van der Waals surface area contributed by atoms with Gasteiger partial charge in [-0.1, -0.05) is 23.2 Å². The standard InChI is InChI=1S/C8H13Cl2NO/c9-4-7(10)5-11-3-1-2-8(12)6-11/h4,8,12H,1-3,5-6H2. The number of nitrogens with zero attached hydrogens (tertiary/aromatic N) is 1. The lowest BCUT2D eigenvalue weighted by Gasteiger charge is -2.29. The molecule has 1 aliphatic heterocycles. The molecule has 0 aromatic heterocycles. The maximum Gasteiger partial charge on any atom is 0.0667 e. The smallest absolute Gasteiger partial charge is 0.0667 e. The lowest BCUT2D eigenvalue weighted by molar-refractivity contribution is 0.0766. The molecule has 1 aliphatic rings. The quantitative estimate of drug-likeness (QED) is 0.750. The lowest BCUT2D eigenvalue weighted by Crippen LogP contribution is -2.38. The Morgan fingerprint density at radius 1 is 1.67 bits per heavy atom. The number of hydrogen-bond donors (Lipinski definition) is 1. The van der Waals surface area contributed by atoms with Gasteiger partial charge in [-0.05, 0) is 19.4 Å². The van der Waals surface area contributed by atoms with Crippen LogP contribution < -0.4 is 0 Å². The number of aliphatic hydroxyl groups excluding tert-OH is 1. The van der Waals surface area contributed by atoms with Crippen molar-refractivity contribution >= 4 is 23.2 Å². The topological polar surface area (TPSA) is 23.5 Å². The summed E-state index contributed by atoms with van der Waals surface area (Å²) >= 11 is 11.2. The molecule has 0 radical (unpaired) electrons. The SMILES string of the molecule is OC1CCCN(CC(Cl)=CCl)C1. The van der Waals surface area contributed by atoms with Gasteiger partial charge in [-0.2, -0.15) is 0 Å². The molecule has 1 atom stereocenters.